The lowest BCUT2D eigenvalue weighted by Crippen LogP contribution is -2.48. The fraction of sp³-hybridized carbons (Fsp3) is 0.647. The topological polar surface area (TPSA) is 88.6 Å². The molecule has 1 aliphatic carbocycles. The van der Waals surface area contributed by atoms with Crippen LogP contribution in [0.4, 0.5) is 0 Å². The molecule has 1 aromatic heterocycles. The Balaban J connectivity index is 1.65. The van der Waals surface area contributed by atoms with E-state index in [0.717, 1.165) is 25.4 Å². The molecule has 6 heteroatoms. The number of nitrogens with zero attached hydrogens (tertiary/aromatic N) is 1. The largest absolute Gasteiger partial charge is 0.468 e. The average molecular weight is 319 g/mol. The third kappa shape index (κ3) is 3.13. The van der Waals surface area contributed by atoms with Crippen molar-refractivity contribution < 1.29 is 14.0 Å². The number of rotatable bonds is 6. The molecule has 2 aliphatic rings. The molecule has 2 amide bonds. The summed E-state index contributed by atoms with van der Waals surface area (Å²) in [6.45, 7) is 6.75. The summed E-state index contributed by atoms with van der Waals surface area (Å²) in [6.07, 6.45) is 2.82. The van der Waals surface area contributed by atoms with Gasteiger partial charge in [-0.25, -0.2) is 0 Å². The van der Waals surface area contributed by atoms with Crippen LogP contribution in [0.1, 0.15) is 32.4 Å². The van der Waals surface area contributed by atoms with Crippen molar-refractivity contribution in [3.05, 3.63) is 24.2 Å². The van der Waals surface area contributed by atoms with E-state index >= 15 is 0 Å². The number of carbonyl (C=O) groups is 2. The minimum absolute atomic E-state index is 0.0503. The number of hydrogen-bond acceptors (Lipinski definition) is 4. The number of nitrogens with two attached hydrogens (primary N) is 1. The maximum absolute atomic E-state index is 12.5. The Kier molecular flexibility index (Phi) is 4.19. The third-order valence-electron chi connectivity index (χ3n) is 5.23. The van der Waals surface area contributed by atoms with Gasteiger partial charge in [0.1, 0.15) is 11.2 Å². The zero-order valence-corrected chi connectivity index (χ0v) is 13.7. The van der Waals surface area contributed by atoms with Gasteiger partial charge in [-0.2, -0.15) is 0 Å². The van der Waals surface area contributed by atoms with E-state index < -0.39 is 11.3 Å². The van der Waals surface area contributed by atoms with Crippen molar-refractivity contribution in [3.8, 4) is 0 Å². The lowest BCUT2D eigenvalue weighted by Gasteiger charge is -2.24. The number of likely N-dealkylation sites (tertiary alicyclic amines) is 1. The van der Waals surface area contributed by atoms with E-state index in [2.05, 4.69) is 24.1 Å². The molecule has 6 nitrogen and oxygen atoms in total. The van der Waals surface area contributed by atoms with Crippen LogP contribution in [0, 0.1) is 17.3 Å². The molecular formula is C17H25N3O3. The fourth-order valence-corrected chi connectivity index (χ4v) is 3.51. The molecule has 0 spiro atoms. The van der Waals surface area contributed by atoms with E-state index in [1.807, 2.05) is 12.1 Å². The lowest BCUT2D eigenvalue weighted by atomic mass is 9.90. The van der Waals surface area contributed by atoms with Crippen LogP contribution in [-0.4, -0.2) is 35.8 Å². The van der Waals surface area contributed by atoms with Gasteiger partial charge in [-0.1, -0.05) is 13.8 Å². The molecule has 23 heavy (non-hydrogen) atoms. The summed E-state index contributed by atoms with van der Waals surface area (Å²) in [7, 11) is 0. The second-order valence-electron chi connectivity index (χ2n) is 7.21. The number of furan rings is 1. The molecule has 2 fully saturated rings. The molecule has 0 unspecified atom stereocenters. The standard InChI is InChI=1S/C17H25N3O3/c1-11(2)13-9-20(8-12-4-3-7-23-12)10-14(13)19-16(22)17(5-6-17)15(18)21/h3-4,7,11,13-14H,5-6,8-10H2,1-2H3,(H2,18,21)(H,19,22)/t13-,14+/m1/s1. The van der Waals surface area contributed by atoms with Crippen LogP contribution in [0.5, 0.6) is 0 Å². The average Bonchev–Trinajstić information content (AvgIpc) is 2.99. The van der Waals surface area contributed by atoms with Gasteiger partial charge in [-0.3, -0.25) is 14.5 Å². The van der Waals surface area contributed by atoms with Crippen LogP contribution >= 0.6 is 0 Å². The third-order valence-corrected chi connectivity index (χ3v) is 5.23. The molecule has 0 radical (unpaired) electrons. The van der Waals surface area contributed by atoms with Crippen molar-refractivity contribution in [3.63, 3.8) is 0 Å². The molecule has 3 rings (SSSR count). The zero-order valence-electron chi connectivity index (χ0n) is 13.7. The first-order chi connectivity index (χ1) is 10.9. The minimum atomic E-state index is -0.948. The Morgan fingerprint density at radius 1 is 1.43 bits per heavy atom. The van der Waals surface area contributed by atoms with Gasteiger partial charge in [0.15, 0.2) is 0 Å². The molecule has 1 saturated heterocycles. The van der Waals surface area contributed by atoms with Crippen molar-refractivity contribution >= 4 is 11.8 Å². The Hall–Kier alpha value is -1.82. The van der Waals surface area contributed by atoms with E-state index in [1.54, 1.807) is 6.26 Å². The summed E-state index contributed by atoms with van der Waals surface area (Å²) >= 11 is 0. The van der Waals surface area contributed by atoms with Gasteiger partial charge in [0.05, 0.1) is 12.8 Å². The van der Waals surface area contributed by atoms with Crippen LogP contribution < -0.4 is 11.1 Å². The zero-order chi connectivity index (χ0) is 16.6. The first kappa shape index (κ1) is 16.1. The van der Waals surface area contributed by atoms with Crippen molar-refractivity contribution in [2.24, 2.45) is 23.0 Å². The Bertz CT molecular complexity index is 578. The first-order valence-electron chi connectivity index (χ1n) is 8.28. The molecule has 1 aliphatic heterocycles. The van der Waals surface area contributed by atoms with Crippen LogP contribution in [0.2, 0.25) is 0 Å². The summed E-state index contributed by atoms with van der Waals surface area (Å²) < 4.78 is 5.41. The summed E-state index contributed by atoms with van der Waals surface area (Å²) in [5, 5.41) is 3.09. The van der Waals surface area contributed by atoms with E-state index in [0.29, 0.717) is 24.7 Å². The summed E-state index contributed by atoms with van der Waals surface area (Å²) in [5.41, 5.74) is 4.45. The SMILES string of the molecule is CC(C)[C@H]1CN(Cc2ccco2)C[C@@H]1NC(=O)C1(C(N)=O)CC1. The molecule has 0 bridgehead atoms. The highest BCUT2D eigenvalue weighted by atomic mass is 16.3. The lowest BCUT2D eigenvalue weighted by molar-refractivity contribution is -0.136. The van der Waals surface area contributed by atoms with E-state index in [9.17, 15) is 9.59 Å². The van der Waals surface area contributed by atoms with Gasteiger partial charge in [0, 0.05) is 19.1 Å². The van der Waals surface area contributed by atoms with Gasteiger partial charge in [-0.15, -0.1) is 0 Å². The normalized spacial score (nSPS) is 26.4. The number of amides is 2. The summed E-state index contributed by atoms with van der Waals surface area (Å²) in [6, 6.07) is 3.89. The number of primary amides is 1. The van der Waals surface area contributed by atoms with Crippen LogP contribution in [0.25, 0.3) is 0 Å². The van der Waals surface area contributed by atoms with Gasteiger partial charge < -0.3 is 15.5 Å². The fourth-order valence-electron chi connectivity index (χ4n) is 3.51. The van der Waals surface area contributed by atoms with Gasteiger partial charge >= 0.3 is 0 Å². The van der Waals surface area contributed by atoms with Gasteiger partial charge in [0.25, 0.3) is 0 Å². The van der Waals surface area contributed by atoms with Crippen molar-refractivity contribution in [2.45, 2.75) is 39.3 Å². The monoisotopic (exact) mass is 319 g/mol. The summed E-state index contributed by atoms with van der Waals surface area (Å²) in [4.78, 5) is 26.3. The molecule has 126 valence electrons. The molecular weight excluding hydrogens is 294 g/mol. The van der Waals surface area contributed by atoms with Crippen molar-refractivity contribution in [2.75, 3.05) is 13.1 Å². The minimum Gasteiger partial charge on any atom is -0.468 e. The van der Waals surface area contributed by atoms with Crippen molar-refractivity contribution in [1.82, 2.24) is 10.2 Å². The highest BCUT2D eigenvalue weighted by Crippen LogP contribution is 2.45. The van der Waals surface area contributed by atoms with Crippen LogP contribution in [0.15, 0.2) is 22.8 Å². The highest BCUT2D eigenvalue weighted by Gasteiger charge is 2.56. The Morgan fingerprint density at radius 3 is 2.70 bits per heavy atom. The second-order valence-corrected chi connectivity index (χ2v) is 7.21. The number of nitrogens with one attached hydrogen (secondary N) is 1. The van der Waals surface area contributed by atoms with Crippen LogP contribution in [0.3, 0.4) is 0 Å². The Morgan fingerprint density at radius 2 is 2.17 bits per heavy atom. The quantitative estimate of drug-likeness (QED) is 0.769. The van der Waals surface area contributed by atoms with Crippen LogP contribution in [-0.2, 0) is 16.1 Å². The van der Waals surface area contributed by atoms with E-state index in [1.165, 1.54) is 0 Å². The van der Waals surface area contributed by atoms with Gasteiger partial charge in [0.2, 0.25) is 11.8 Å². The highest BCUT2D eigenvalue weighted by molar-refractivity contribution is 6.07. The number of carbonyl (C=O) groups excluding carboxylic acids is 2. The first-order valence-corrected chi connectivity index (χ1v) is 8.28. The number of hydrogen-bond donors (Lipinski definition) is 2. The molecule has 1 saturated carbocycles. The molecule has 2 heterocycles. The molecule has 1 aromatic rings. The van der Waals surface area contributed by atoms with E-state index in [-0.39, 0.29) is 11.9 Å². The molecule has 0 aromatic carbocycles. The predicted molar refractivity (Wildman–Crippen MR) is 85.1 cm³/mol. The molecule has 2 atom stereocenters. The van der Waals surface area contributed by atoms with Crippen molar-refractivity contribution in [1.29, 1.82) is 0 Å². The maximum Gasteiger partial charge on any atom is 0.235 e. The molecule has 3 N–H and O–H groups in total. The van der Waals surface area contributed by atoms with Gasteiger partial charge in [-0.05, 0) is 36.8 Å². The van der Waals surface area contributed by atoms with E-state index in [4.69, 9.17) is 10.2 Å². The second kappa shape index (κ2) is 6.00. The summed E-state index contributed by atoms with van der Waals surface area (Å²) in [5.74, 6) is 1.04. The smallest absolute Gasteiger partial charge is 0.235 e. The Labute approximate surface area is 136 Å². The maximum atomic E-state index is 12.5. The predicted octanol–water partition coefficient (Wildman–Crippen LogP) is 1.12.